The second-order valence-electron chi connectivity index (χ2n) is 9.58. The highest BCUT2D eigenvalue weighted by Crippen LogP contribution is 2.37. The van der Waals surface area contributed by atoms with Gasteiger partial charge in [-0.1, -0.05) is 36.4 Å². The first-order chi connectivity index (χ1) is 17.8. The summed E-state index contributed by atoms with van der Waals surface area (Å²) in [6.45, 7) is 2.65. The minimum atomic E-state index is -1.14. The zero-order valence-electron chi connectivity index (χ0n) is 20.9. The number of carboxylic acid groups (broad SMARTS) is 1. The van der Waals surface area contributed by atoms with Crippen LogP contribution in [0.15, 0.2) is 72.8 Å². The third-order valence-electron chi connectivity index (χ3n) is 7.11. The molecule has 192 valence electrons. The molecule has 2 aliphatic rings. The number of carbonyl (C=O) groups is 3. The summed E-state index contributed by atoms with van der Waals surface area (Å²) in [5, 5.41) is 10.3. The average Bonchev–Trinajstić information content (AvgIpc) is 3.44. The maximum absolute atomic E-state index is 14.1. The number of hydrogen-bond donors (Lipinski definition) is 1. The van der Waals surface area contributed by atoms with E-state index in [0.29, 0.717) is 30.8 Å². The first-order valence-electron chi connectivity index (χ1n) is 12.4. The second-order valence-corrected chi connectivity index (χ2v) is 11.0. The fourth-order valence-corrected chi connectivity index (χ4v) is 6.41. The summed E-state index contributed by atoms with van der Waals surface area (Å²) in [6.07, 6.45) is 1.20. The van der Waals surface area contributed by atoms with Crippen molar-refractivity contribution in [3.63, 3.8) is 0 Å². The van der Waals surface area contributed by atoms with E-state index in [9.17, 15) is 19.5 Å². The Hall–Kier alpha value is -3.85. The predicted molar refractivity (Wildman–Crippen MR) is 143 cm³/mol. The highest BCUT2D eigenvalue weighted by Gasteiger charge is 2.54. The minimum absolute atomic E-state index is 0.167. The molecule has 3 atom stereocenters. The normalized spacial score (nSPS) is 20.5. The lowest BCUT2D eigenvalue weighted by atomic mass is 10.0. The quantitative estimate of drug-likeness (QED) is 0.505. The van der Waals surface area contributed by atoms with E-state index in [1.54, 1.807) is 33.1 Å². The number of hydrogen-bond acceptors (Lipinski definition) is 4. The number of thiophene rings is 1. The van der Waals surface area contributed by atoms with Gasteiger partial charge in [0.05, 0.1) is 30.0 Å². The van der Waals surface area contributed by atoms with Gasteiger partial charge in [0.15, 0.2) is 6.04 Å². The second kappa shape index (κ2) is 10.3. The van der Waals surface area contributed by atoms with Crippen LogP contribution in [0.5, 0.6) is 0 Å². The minimum Gasteiger partial charge on any atom is -0.480 e. The van der Waals surface area contributed by atoms with Gasteiger partial charge in [-0.2, -0.15) is 0 Å². The molecule has 1 aromatic heterocycles. The number of likely N-dealkylation sites (tertiary alicyclic amines) is 1. The van der Waals surface area contributed by atoms with E-state index in [2.05, 4.69) is 0 Å². The van der Waals surface area contributed by atoms with Crippen molar-refractivity contribution in [2.45, 2.75) is 44.4 Å². The third kappa shape index (κ3) is 4.79. The SMILES string of the molecule is Cc1ccc(CN(C)C(=O)N2[C@H]3CC[C@@H]2[C@@H](C(=O)O)N(C(=O)N(c2ccccc2)c2ccccc2)C3)s1. The van der Waals surface area contributed by atoms with Gasteiger partial charge in [0.25, 0.3) is 0 Å². The van der Waals surface area contributed by atoms with Gasteiger partial charge < -0.3 is 19.8 Å². The van der Waals surface area contributed by atoms with Gasteiger partial charge in [0.1, 0.15) is 0 Å². The largest absolute Gasteiger partial charge is 0.480 e. The van der Waals surface area contributed by atoms with Crippen LogP contribution >= 0.6 is 11.3 Å². The Morgan fingerprint density at radius 2 is 1.54 bits per heavy atom. The molecule has 0 spiro atoms. The van der Waals surface area contributed by atoms with Gasteiger partial charge in [0, 0.05) is 23.3 Å². The van der Waals surface area contributed by atoms with Crippen molar-refractivity contribution in [3.8, 4) is 0 Å². The number of fused-ring (bicyclic) bond motifs is 2. The molecule has 0 unspecified atom stereocenters. The Kier molecular flexibility index (Phi) is 6.88. The first-order valence-corrected chi connectivity index (χ1v) is 13.2. The Bertz CT molecular complexity index is 1240. The standard InChI is InChI=1S/C28H30N4O4S/c1-19-13-15-23(37-19)18-29(2)27(35)32-22-14-16-24(32)25(26(33)34)30(17-22)28(36)31(20-9-5-3-6-10-20)21-11-7-4-8-12-21/h3-13,15,22,24-25H,14,16-18H2,1-2H3,(H,33,34)/t22-,24+,25-/m0/s1. The molecule has 2 aliphatic heterocycles. The summed E-state index contributed by atoms with van der Waals surface area (Å²) in [5.41, 5.74) is 1.30. The number of benzene rings is 2. The van der Waals surface area contributed by atoms with Crippen LogP contribution < -0.4 is 4.90 Å². The number of carbonyl (C=O) groups excluding carboxylic acids is 2. The Labute approximate surface area is 220 Å². The molecular formula is C28H30N4O4S. The topological polar surface area (TPSA) is 84.4 Å². The Balaban J connectivity index is 1.43. The van der Waals surface area contributed by atoms with Crippen molar-refractivity contribution in [2.24, 2.45) is 0 Å². The van der Waals surface area contributed by atoms with E-state index < -0.39 is 24.1 Å². The monoisotopic (exact) mass is 518 g/mol. The molecule has 5 rings (SSSR count). The van der Waals surface area contributed by atoms with Crippen molar-refractivity contribution >= 4 is 40.7 Å². The molecule has 8 nitrogen and oxygen atoms in total. The molecule has 3 aromatic rings. The van der Waals surface area contributed by atoms with Crippen LogP contribution in [0.4, 0.5) is 21.0 Å². The van der Waals surface area contributed by atoms with Crippen LogP contribution in [0.2, 0.25) is 0 Å². The average molecular weight is 519 g/mol. The lowest BCUT2D eigenvalue weighted by Gasteiger charge is -2.47. The van der Waals surface area contributed by atoms with Crippen LogP contribution in [0.1, 0.15) is 22.6 Å². The number of para-hydroxylation sites is 2. The fraction of sp³-hybridized carbons (Fsp3) is 0.321. The van der Waals surface area contributed by atoms with Crippen molar-refractivity contribution in [1.29, 1.82) is 0 Å². The number of piperazine rings is 1. The summed E-state index contributed by atoms with van der Waals surface area (Å²) >= 11 is 1.64. The molecule has 0 saturated carbocycles. The molecule has 2 saturated heterocycles. The zero-order valence-corrected chi connectivity index (χ0v) is 21.7. The number of anilines is 2. The van der Waals surface area contributed by atoms with E-state index in [1.807, 2.05) is 79.7 Å². The number of amides is 4. The van der Waals surface area contributed by atoms with Gasteiger partial charge >= 0.3 is 18.0 Å². The number of nitrogens with zero attached hydrogens (tertiary/aromatic N) is 4. The van der Waals surface area contributed by atoms with Crippen LogP contribution in [0.3, 0.4) is 0 Å². The summed E-state index contributed by atoms with van der Waals surface area (Å²) in [4.78, 5) is 48.8. The summed E-state index contributed by atoms with van der Waals surface area (Å²) in [7, 11) is 1.75. The highest BCUT2D eigenvalue weighted by molar-refractivity contribution is 7.11. The lowest BCUT2D eigenvalue weighted by Crippen LogP contribution is -2.67. The van der Waals surface area contributed by atoms with Crippen LogP contribution in [0.25, 0.3) is 0 Å². The number of carboxylic acids is 1. The van der Waals surface area contributed by atoms with E-state index in [-0.39, 0.29) is 18.6 Å². The maximum Gasteiger partial charge on any atom is 0.329 e. The molecule has 4 amide bonds. The molecular weight excluding hydrogens is 488 g/mol. The van der Waals surface area contributed by atoms with Crippen molar-refractivity contribution in [3.05, 3.63) is 82.6 Å². The van der Waals surface area contributed by atoms with Gasteiger partial charge in [-0.3, -0.25) is 4.90 Å². The Morgan fingerprint density at radius 1 is 0.919 bits per heavy atom. The molecule has 0 radical (unpaired) electrons. The predicted octanol–water partition coefficient (Wildman–Crippen LogP) is 5.17. The fourth-order valence-electron chi connectivity index (χ4n) is 5.46. The number of rotatable bonds is 5. The highest BCUT2D eigenvalue weighted by atomic mass is 32.1. The van der Waals surface area contributed by atoms with Crippen LogP contribution in [-0.2, 0) is 11.3 Å². The zero-order chi connectivity index (χ0) is 26.1. The number of aryl methyl sites for hydroxylation is 1. The first kappa shape index (κ1) is 24.8. The van der Waals surface area contributed by atoms with Crippen LogP contribution in [-0.4, -0.2) is 69.6 Å². The van der Waals surface area contributed by atoms with Gasteiger partial charge in [-0.15, -0.1) is 11.3 Å². The summed E-state index contributed by atoms with van der Waals surface area (Å²) in [6, 6.07) is 19.9. The molecule has 0 aliphatic carbocycles. The van der Waals surface area contributed by atoms with Gasteiger partial charge in [0.2, 0.25) is 0 Å². The molecule has 9 heteroatoms. The van der Waals surface area contributed by atoms with Crippen LogP contribution in [0, 0.1) is 6.92 Å². The van der Waals surface area contributed by atoms with E-state index >= 15 is 0 Å². The molecule has 37 heavy (non-hydrogen) atoms. The van der Waals surface area contributed by atoms with E-state index in [0.717, 1.165) is 4.88 Å². The Morgan fingerprint density at radius 3 is 2.08 bits per heavy atom. The summed E-state index contributed by atoms with van der Waals surface area (Å²) < 4.78 is 0. The van der Waals surface area contributed by atoms with Gasteiger partial charge in [-0.05, 0) is 56.2 Å². The van der Waals surface area contributed by atoms with Crippen molar-refractivity contribution < 1.29 is 19.5 Å². The smallest absolute Gasteiger partial charge is 0.329 e. The van der Waals surface area contributed by atoms with E-state index in [1.165, 1.54) is 9.78 Å². The maximum atomic E-state index is 14.1. The molecule has 1 N–H and O–H groups in total. The number of urea groups is 2. The van der Waals surface area contributed by atoms with Gasteiger partial charge in [-0.25, -0.2) is 14.4 Å². The van der Waals surface area contributed by atoms with Crippen molar-refractivity contribution in [2.75, 3.05) is 18.5 Å². The molecule has 3 heterocycles. The molecule has 2 aromatic carbocycles. The summed E-state index contributed by atoms with van der Waals surface area (Å²) in [5.74, 6) is -1.10. The van der Waals surface area contributed by atoms with E-state index in [4.69, 9.17) is 0 Å². The number of aliphatic carboxylic acids is 1. The molecule has 2 fully saturated rings. The lowest BCUT2D eigenvalue weighted by molar-refractivity contribution is -0.145. The molecule has 2 bridgehead atoms. The third-order valence-corrected chi connectivity index (χ3v) is 8.09. The van der Waals surface area contributed by atoms with Crippen molar-refractivity contribution in [1.82, 2.24) is 14.7 Å².